The topological polar surface area (TPSA) is 29.5 Å². The Bertz CT molecular complexity index is 197. The van der Waals surface area contributed by atoms with E-state index in [-0.39, 0.29) is 4.99 Å². The minimum atomic E-state index is -2.54. The monoisotopic (exact) mass is 239 g/mol. The van der Waals surface area contributed by atoms with Gasteiger partial charge in [-0.25, -0.2) is 0 Å². The Morgan fingerprint density at radius 3 is 2.21 bits per heavy atom. The number of hydrogen-bond donors (Lipinski definition) is 1. The van der Waals surface area contributed by atoms with Gasteiger partial charge in [-0.1, -0.05) is 13.8 Å². The number of nitrogens with zero attached hydrogens (tertiary/aromatic N) is 1. The third kappa shape index (κ3) is 4.83. The van der Waals surface area contributed by atoms with Gasteiger partial charge in [-0.15, -0.1) is 0 Å². The maximum absolute atomic E-state index is 12.0. The van der Waals surface area contributed by atoms with E-state index in [0.717, 1.165) is 19.6 Å². The third-order valence-electron chi connectivity index (χ3n) is 2.24. The summed E-state index contributed by atoms with van der Waals surface area (Å²) in [4.78, 5) is 2.02. The molecular formula is C9H22NO2PS. The summed E-state index contributed by atoms with van der Waals surface area (Å²) in [6.07, 6.45) is 0. The highest BCUT2D eigenvalue weighted by molar-refractivity contribution is 7.90. The minimum Gasteiger partial charge on any atom is -0.328 e. The lowest BCUT2D eigenvalue weighted by Crippen LogP contribution is -2.30. The van der Waals surface area contributed by atoms with Gasteiger partial charge in [-0.05, 0) is 20.0 Å². The van der Waals surface area contributed by atoms with E-state index in [1.807, 2.05) is 6.92 Å². The lowest BCUT2D eigenvalue weighted by molar-refractivity contribution is 0.298. The zero-order valence-electron chi connectivity index (χ0n) is 9.56. The minimum absolute atomic E-state index is 0.178. The van der Waals surface area contributed by atoms with Crippen molar-refractivity contribution in [1.29, 1.82) is 0 Å². The normalized spacial score (nSPS) is 18.1. The Morgan fingerprint density at radius 1 is 1.36 bits per heavy atom. The first kappa shape index (κ1) is 14.5. The average molecular weight is 239 g/mol. The van der Waals surface area contributed by atoms with Crippen molar-refractivity contribution < 1.29 is 9.09 Å². The molecule has 0 saturated heterocycles. The Kier molecular flexibility index (Phi) is 7.13. The molecule has 0 bridgehead atoms. The fourth-order valence-electron chi connectivity index (χ4n) is 1.20. The smallest absolute Gasteiger partial charge is 0.213 e. The standard InChI is InChI=1S/C9H22NO2PS/c1-5-10(6-2)8-9(14)13(4,11)12-7-3/h9,14H,5-8H2,1-4H3. The lowest BCUT2D eigenvalue weighted by atomic mass is 10.5. The van der Waals surface area contributed by atoms with Gasteiger partial charge in [0, 0.05) is 13.2 Å². The van der Waals surface area contributed by atoms with Crippen LogP contribution < -0.4 is 0 Å². The van der Waals surface area contributed by atoms with Gasteiger partial charge in [0.15, 0.2) is 0 Å². The van der Waals surface area contributed by atoms with E-state index in [2.05, 4.69) is 31.4 Å². The lowest BCUT2D eigenvalue weighted by Gasteiger charge is -2.25. The fourth-order valence-corrected chi connectivity index (χ4v) is 2.85. The van der Waals surface area contributed by atoms with Gasteiger partial charge in [0.1, 0.15) is 0 Å². The van der Waals surface area contributed by atoms with Crippen LogP contribution >= 0.6 is 20.0 Å². The van der Waals surface area contributed by atoms with Crippen LogP contribution in [-0.2, 0) is 9.09 Å². The van der Waals surface area contributed by atoms with Crippen molar-refractivity contribution in [3.8, 4) is 0 Å². The van der Waals surface area contributed by atoms with Crippen molar-refractivity contribution in [2.75, 3.05) is 32.9 Å². The molecule has 2 unspecified atom stereocenters. The van der Waals surface area contributed by atoms with Crippen LogP contribution in [0.15, 0.2) is 0 Å². The number of hydrogen-bond acceptors (Lipinski definition) is 4. The molecule has 14 heavy (non-hydrogen) atoms. The maximum atomic E-state index is 12.0. The maximum Gasteiger partial charge on any atom is 0.213 e. The van der Waals surface area contributed by atoms with Gasteiger partial charge in [0.25, 0.3) is 0 Å². The van der Waals surface area contributed by atoms with Crippen LogP contribution in [0.25, 0.3) is 0 Å². The molecule has 0 saturated carbocycles. The molecule has 0 radical (unpaired) electrons. The highest BCUT2D eigenvalue weighted by atomic mass is 32.1. The SMILES string of the molecule is CCOP(C)(=O)C(S)CN(CC)CC. The van der Waals surface area contributed by atoms with Gasteiger partial charge in [-0.3, -0.25) is 4.57 Å². The molecule has 0 amide bonds. The van der Waals surface area contributed by atoms with Crippen molar-refractivity contribution >= 4 is 20.0 Å². The summed E-state index contributed by atoms with van der Waals surface area (Å²) in [7, 11) is -2.54. The molecule has 2 atom stereocenters. The molecule has 3 nitrogen and oxygen atoms in total. The summed E-state index contributed by atoms with van der Waals surface area (Å²) in [5.74, 6) is 0. The highest BCUT2D eigenvalue weighted by Gasteiger charge is 2.26. The van der Waals surface area contributed by atoms with Crippen molar-refractivity contribution in [3.63, 3.8) is 0 Å². The van der Waals surface area contributed by atoms with Crippen molar-refractivity contribution in [1.82, 2.24) is 4.90 Å². The van der Waals surface area contributed by atoms with Crippen molar-refractivity contribution in [3.05, 3.63) is 0 Å². The van der Waals surface area contributed by atoms with Crippen LogP contribution in [0.3, 0.4) is 0 Å². The van der Waals surface area contributed by atoms with E-state index in [1.54, 1.807) is 6.66 Å². The van der Waals surface area contributed by atoms with Crippen LogP contribution in [0.1, 0.15) is 20.8 Å². The van der Waals surface area contributed by atoms with Gasteiger partial charge >= 0.3 is 0 Å². The summed E-state index contributed by atoms with van der Waals surface area (Å²) >= 11 is 4.36. The van der Waals surface area contributed by atoms with Gasteiger partial charge in [0.2, 0.25) is 7.37 Å². The molecule has 5 heteroatoms. The first-order chi connectivity index (χ1) is 6.47. The summed E-state index contributed by atoms with van der Waals surface area (Å²) in [5, 5.41) is 0. The third-order valence-corrected chi connectivity index (χ3v) is 5.68. The number of thiol groups is 1. The Morgan fingerprint density at radius 2 is 1.86 bits per heavy atom. The van der Waals surface area contributed by atoms with Crippen LogP contribution in [-0.4, -0.2) is 42.8 Å². The molecule has 0 heterocycles. The molecule has 0 aliphatic heterocycles. The van der Waals surface area contributed by atoms with Gasteiger partial charge in [0.05, 0.1) is 11.6 Å². The molecule has 0 rings (SSSR count). The summed E-state index contributed by atoms with van der Waals surface area (Å²) in [5.41, 5.74) is 0. The quantitative estimate of drug-likeness (QED) is 0.547. The second-order valence-electron chi connectivity index (χ2n) is 3.29. The summed E-state index contributed by atoms with van der Waals surface area (Å²) in [6, 6.07) is 0. The van der Waals surface area contributed by atoms with Crippen LogP contribution in [0.4, 0.5) is 0 Å². The fraction of sp³-hybridized carbons (Fsp3) is 1.00. The molecule has 86 valence electrons. The average Bonchev–Trinajstić information content (AvgIpc) is 2.13. The predicted molar refractivity (Wildman–Crippen MR) is 65.7 cm³/mol. The molecular weight excluding hydrogens is 217 g/mol. The predicted octanol–water partition coefficient (Wildman–Crippen LogP) is 2.53. The van der Waals surface area contributed by atoms with Gasteiger partial charge in [-0.2, -0.15) is 12.6 Å². The van der Waals surface area contributed by atoms with Crippen LogP contribution in [0.2, 0.25) is 0 Å². The first-order valence-electron chi connectivity index (χ1n) is 5.10. The summed E-state index contributed by atoms with van der Waals surface area (Å²) in [6.45, 7) is 10.8. The molecule has 0 aliphatic rings. The van der Waals surface area contributed by atoms with E-state index in [1.165, 1.54) is 0 Å². The molecule has 0 aromatic carbocycles. The largest absolute Gasteiger partial charge is 0.328 e. The molecule has 0 aromatic rings. The summed E-state index contributed by atoms with van der Waals surface area (Å²) < 4.78 is 17.2. The Hall–Kier alpha value is 0.500. The van der Waals surface area contributed by atoms with Crippen LogP contribution in [0, 0.1) is 0 Å². The molecule has 0 aromatic heterocycles. The Balaban J connectivity index is 4.17. The van der Waals surface area contributed by atoms with E-state index >= 15 is 0 Å². The molecule has 0 N–H and O–H groups in total. The molecule has 0 aliphatic carbocycles. The van der Waals surface area contributed by atoms with Crippen molar-refractivity contribution in [2.24, 2.45) is 0 Å². The second-order valence-corrected chi connectivity index (χ2v) is 7.02. The van der Waals surface area contributed by atoms with E-state index in [0.29, 0.717) is 6.61 Å². The van der Waals surface area contributed by atoms with E-state index < -0.39 is 7.37 Å². The Labute approximate surface area is 93.1 Å². The second kappa shape index (κ2) is 6.89. The van der Waals surface area contributed by atoms with E-state index in [9.17, 15) is 4.57 Å². The zero-order valence-corrected chi connectivity index (χ0v) is 11.4. The first-order valence-corrected chi connectivity index (χ1v) is 7.75. The van der Waals surface area contributed by atoms with Crippen LogP contribution in [0.5, 0.6) is 0 Å². The molecule has 0 spiro atoms. The van der Waals surface area contributed by atoms with Gasteiger partial charge < -0.3 is 9.42 Å². The zero-order chi connectivity index (χ0) is 11.2. The van der Waals surface area contributed by atoms with E-state index in [4.69, 9.17) is 4.52 Å². The highest BCUT2D eigenvalue weighted by Crippen LogP contribution is 2.49. The molecule has 0 fully saturated rings. The number of rotatable bonds is 7. The van der Waals surface area contributed by atoms with Crippen molar-refractivity contribution in [2.45, 2.75) is 25.8 Å².